The van der Waals surface area contributed by atoms with E-state index in [1.165, 1.54) is 0 Å². The molecule has 0 aromatic heterocycles. The highest BCUT2D eigenvalue weighted by Crippen LogP contribution is 2.32. The summed E-state index contributed by atoms with van der Waals surface area (Å²) in [5.41, 5.74) is 4.87. The Morgan fingerprint density at radius 1 is 1.44 bits per heavy atom. The molecule has 0 saturated carbocycles. The van der Waals surface area contributed by atoms with E-state index in [0.717, 1.165) is 25.8 Å². The van der Waals surface area contributed by atoms with Crippen LogP contribution >= 0.6 is 0 Å². The summed E-state index contributed by atoms with van der Waals surface area (Å²) in [5.74, 6) is -0.391. The van der Waals surface area contributed by atoms with Crippen LogP contribution in [-0.4, -0.2) is 42.4 Å². The van der Waals surface area contributed by atoms with Crippen molar-refractivity contribution in [3.05, 3.63) is 0 Å². The van der Waals surface area contributed by atoms with Gasteiger partial charge in [-0.3, -0.25) is 9.59 Å². The van der Waals surface area contributed by atoms with Crippen molar-refractivity contribution in [2.45, 2.75) is 46.1 Å². The van der Waals surface area contributed by atoms with Crippen molar-refractivity contribution in [2.24, 2.45) is 11.1 Å². The molecule has 1 aliphatic rings. The van der Waals surface area contributed by atoms with Crippen LogP contribution in [0.1, 0.15) is 40.0 Å². The van der Waals surface area contributed by atoms with E-state index in [-0.39, 0.29) is 23.9 Å². The molecule has 5 heteroatoms. The minimum atomic E-state index is -0.452. The Morgan fingerprint density at radius 2 is 2.11 bits per heavy atom. The highest BCUT2D eigenvalue weighted by Gasteiger charge is 2.41. The Balaban J connectivity index is 2.88. The van der Waals surface area contributed by atoms with Crippen LogP contribution in [0.5, 0.6) is 0 Å². The van der Waals surface area contributed by atoms with Crippen molar-refractivity contribution in [3.63, 3.8) is 0 Å². The average Bonchev–Trinajstić information content (AvgIpc) is 2.35. The van der Waals surface area contributed by atoms with Gasteiger partial charge >= 0.3 is 0 Å². The first kappa shape index (κ1) is 15.0. The van der Waals surface area contributed by atoms with Gasteiger partial charge in [0.05, 0.1) is 12.0 Å². The lowest BCUT2D eigenvalue weighted by molar-refractivity contribution is -0.147. The van der Waals surface area contributed by atoms with Gasteiger partial charge in [0.25, 0.3) is 0 Å². The smallest absolute Gasteiger partial charge is 0.237 e. The zero-order valence-corrected chi connectivity index (χ0v) is 11.7. The largest absolute Gasteiger partial charge is 0.368 e. The minimum Gasteiger partial charge on any atom is -0.368 e. The van der Waals surface area contributed by atoms with Crippen LogP contribution in [0.3, 0.4) is 0 Å². The zero-order valence-electron chi connectivity index (χ0n) is 11.7. The van der Waals surface area contributed by atoms with Gasteiger partial charge in [-0.2, -0.15) is 0 Å². The number of piperidine rings is 1. The highest BCUT2D eigenvalue weighted by molar-refractivity contribution is 5.88. The first-order valence-corrected chi connectivity index (χ1v) is 6.73. The number of hydrogen-bond donors (Lipinski definition) is 2. The van der Waals surface area contributed by atoms with E-state index in [1.807, 2.05) is 20.8 Å². The first-order valence-electron chi connectivity index (χ1n) is 6.73. The Bertz CT molecular complexity index is 309. The van der Waals surface area contributed by atoms with Gasteiger partial charge in [0, 0.05) is 12.6 Å². The molecular weight excluding hydrogens is 230 g/mol. The second-order valence-corrected chi connectivity index (χ2v) is 5.41. The molecule has 0 radical (unpaired) electrons. The molecule has 0 aliphatic carbocycles. The average molecular weight is 255 g/mol. The molecule has 0 spiro atoms. The highest BCUT2D eigenvalue weighted by atomic mass is 16.2. The Hall–Kier alpha value is -1.10. The molecule has 5 nitrogen and oxygen atoms in total. The molecular formula is C13H25N3O2. The molecule has 1 heterocycles. The Labute approximate surface area is 109 Å². The van der Waals surface area contributed by atoms with Crippen LogP contribution < -0.4 is 11.1 Å². The topological polar surface area (TPSA) is 75.4 Å². The number of carbonyl (C=O) groups is 2. The Morgan fingerprint density at radius 3 is 2.50 bits per heavy atom. The maximum Gasteiger partial charge on any atom is 0.237 e. The molecule has 104 valence electrons. The van der Waals surface area contributed by atoms with Crippen molar-refractivity contribution in [1.82, 2.24) is 10.2 Å². The normalized spacial score (nSPS) is 24.0. The predicted octanol–water partition coefficient (Wildman–Crippen LogP) is 0.489. The molecule has 2 amide bonds. The molecule has 1 unspecified atom stereocenters. The van der Waals surface area contributed by atoms with Crippen LogP contribution in [0, 0.1) is 5.41 Å². The first-order chi connectivity index (χ1) is 8.43. The molecule has 0 aromatic carbocycles. The van der Waals surface area contributed by atoms with Crippen LogP contribution in [0.4, 0.5) is 0 Å². The Kier molecular flexibility index (Phi) is 5.14. The lowest BCUT2D eigenvalue weighted by Gasteiger charge is -2.40. The van der Waals surface area contributed by atoms with Crippen LogP contribution in [0.25, 0.3) is 0 Å². The van der Waals surface area contributed by atoms with Gasteiger partial charge in [-0.1, -0.05) is 6.92 Å². The van der Waals surface area contributed by atoms with Gasteiger partial charge < -0.3 is 16.0 Å². The van der Waals surface area contributed by atoms with Crippen LogP contribution in [0.15, 0.2) is 0 Å². The van der Waals surface area contributed by atoms with Gasteiger partial charge in [-0.25, -0.2) is 0 Å². The second kappa shape index (κ2) is 6.18. The summed E-state index contributed by atoms with van der Waals surface area (Å²) < 4.78 is 0. The monoisotopic (exact) mass is 255 g/mol. The van der Waals surface area contributed by atoms with Crippen molar-refractivity contribution in [1.29, 1.82) is 0 Å². The second-order valence-electron chi connectivity index (χ2n) is 5.41. The third-order valence-corrected chi connectivity index (χ3v) is 3.81. The number of carbonyl (C=O) groups excluding carboxylic acids is 2. The third-order valence-electron chi connectivity index (χ3n) is 3.81. The summed E-state index contributed by atoms with van der Waals surface area (Å²) in [7, 11) is 0. The number of nitrogens with zero attached hydrogens (tertiary/aromatic N) is 1. The fourth-order valence-corrected chi connectivity index (χ4v) is 2.56. The number of hydrogen-bond acceptors (Lipinski definition) is 3. The molecule has 18 heavy (non-hydrogen) atoms. The SMILES string of the molecule is CCC1(C(=O)N(CC(N)=O)C(C)C)CCCNC1. The molecule has 1 aliphatic heterocycles. The predicted molar refractivity (Wildman–Crippen MR) is 70.9 cm³/mol. The van der Waals surface area contributed by atoms with E-state index >= 15 is 0 Å². The van der Waals surface area contributed by atoms with Gasteiger partial charge in [0.2, 0.25) is 11.8 Å². The number of nitrogens with two attached hydrogens (primary N) is 1. The van der Waals surface area contributed by atoms with Crippen LogP contribution in [-0.2, 0) is 9.59 Å². The minimum absolute atomic E-state index is 0.00430. The third kappa shape index (κ3) is 3.22. The molecule has 1 saturated heterocycles. The maximum absolute atomic E-state index is 12.7. The lowest BCUT2D eigenvalue weighted by Crippen LogP contribution is -2.55. The van der Waals surface area contributed by atoms with E-state index < -0.39 is 5.91 Å². The van der Waals surface area contributed by atoms with Gasteiger partial charge in [0.1, 0.15) is 0 Å². The van der Waals surface area contributed by atoms with E-state index in [4.69, 9.17) is 5.73 Å². The maximum atomic E-state index is 12.7. The van der Waals surface area contributed by atoms with Gasteiger partial charge in [0.15, 0.2) is 0 Å². The summed E-state index contributed by atoms with van der Waals surface area (Å²) in [5, 5.41) is 3.29. The van der Waals surface area contributed by atoms with Gasteiger partial charge in [-0.05, 0) is 39.7 Å². The number of rotatable bonds is 5. The van der Waals surface area contributed by atoms with Crippen molar-refractivity contribution < 1.29 is 9.59 Å². The van der Waals surface area contributed by atoms with E-state index in [9.17, 15) is 9.59 Å². The number of primary amides is 1. The summed E-state index contributed by atoms with van der Waals surface area (Å²) in [6, 6.07) is -0.00430. The molecule has 3 N–H and O–H groups in total. The van der Waals surface area contributed by atoms with Gasteiger partial charge in [-0.15, -0.1) is 0 Å². The van der Waals surface area contributed by atoms with E-state index in [0.29, 0.717) is 6.54 Å². The van der Waals surface area contributed by atoms with Crippen molar-refractivity contribution >= 4 is 11.8 Å². The lowest BCUT2D eigenvalue weighted by atomic mass is 9.77. The molecule has 1 fully saturated rings. The number of amides is 2. The molecule has 0 bridgehead atoms. The van der Waals surface area contributed by atoms with E-state index in [2.05, 4.69) is 5.32 Å². The fraction of sp³-hybridized carbons (Fsp3) is 0.846. The molecule has 1 atom stereocenters. The molecule has 1 rings (SSSR count). The quantitative estimate of drug-likeness (QED) is 0.750. The summed E-state index contributed by atoms with van der Waals surface area (Å²) in [6.45, 7) is 7.55. The van der Waals surface area contributed by atoms with Crippen molar-refractivity contribution in [3.8, 4) is 0 Å². The fourth-order valence-electron chi connectivity index (χ4n) is 2.56. The zero-order chi connectivity index (χ0) is 13.8. The number of nitrogens with one attached hydrogen (secondary N) is 1. The van der Waals surface area contributed by atoms with Crippen LogP contribution in [0.2, 0.25) is 0 Å². The summed E-state index contributed by atoms with van der Waals surface area (Å²) >= 11 is 0. The standard InChI is InChI=1S/C13H25N3O2/c1-4-13(6-5-7-15-9-13)12(18)16(10(2)3)8-11(14)17/h10,15H,4-9H2,1-3H3,(H2,14,17). The molecule has 0 aromatic rings. The van der Waals surface area contributed by atoms with Crippen molar-refractivity contribution in [2.75, 3.05) is 19.6 Å². The summed E-state index contributed by atoms with van der Waals surface area (Å²) in [6.07, 6.45) is 2.68. The van der Waals surface area contributed by atoms with E-state index in [1.54, 1.807) is 4.90 Å². The summed E-state index contributed by atoms with van der Waals surface area (Å²) in [4.78, 5) is 25.4.